The Labute approximate surface area is 148 Å². The topological polar surface area (TPSA) is 124 Å². The fourth-order valence-corrected chi connectivity index (χ4v) is 1.91. The Morgan fingerprint density at radius 2 is 1.81 bits per heavy atom. The number of methoxy groups -OCH3 is 1. The van der Waals surface area contributed by atoms with Crippen molar-refractivity contribution in [1.29, 1.82) is 0 Å². The molecule has 0 aliphatic heterocycles. The summed E-state index contributed by atoms with van der Waals surface area (Å²) in [6.07, 6.45) is 1.28. The van der Waals surface area contributed by atoms with E-state index in [0.29, 0.717) is 5.75 Å². The highest BCUT2D eigenvalue weighted by Crippen LogP contribution is 2.16. The van der Waals surface area contributed by atoms with Crippen molar-refractivity contribution >= 4 is 23.7 Å². The summed E-state index contributed by atoms with van der Waals surface area (Å²) in [6.45, 7) is -1.12. The molecule has 0 saturated heterocycles. The lowest BCUT2D eigenvalue weighted by Crippen LogP contribution is -2.36. The first-order valence-electron chi connectivity index (χ1n) is 7.45. The fraction of sp³-hybridized carbons (Fsp3) is 0.176. The summed E-state index contributed by atoms with van der Waals surface area (Å²) in [6, 6.07) is 9.36. The number of nitrogens with one attached hydrogen (secondary N) is 2. The van der Waals surface area contributed by atoms with Crippen molar-refractivity contribution in [2.24, 2.45) is 0 Å². The quantitative estimate of drug-likeness (QED) is 0.690. The largest absolute Gasteiger partial charge is 0.496 e. The third kappa shape index (κ3) is 5.20. The molecule has 0 unspecified atom stereocenters. The molecule has 0 spiro atoms. The molecule has 9 heteroatoms. The molecule has 0 bridgehead atoms. The molecule has 0 saturated carbocycles. The second kappa shape index (κ2) is 9.02. The van der Waals surface area contributed by atoms with Gasteiger partial charge in [0.2, 0.25) is 0 Å². The van der Waals surface area contributed by atoms with Crippen molar-refractivity contribution in [3.8, 4) is 5.75 Å². The molecule has 1 aromatic carbocycles. The Hall–Kier alpha value is -3.62. The summed E-state index contributed by atoms with van der Waals surface area (Å²) in [7, 11) is 1.42. The van der Waals surface area contributed by atoms with E-state index in [9.17, 15) is 19.2 Å². The SMILES string of the molecule is COc1ccccc1C(=O)NCC(=O)OCC(=O)NC(=O)c1ccco1. The van der Waals surface area contributed by atoms with E-state index in [2.05, 4.69) is 10.1 Å². The average molecular weight is 360 g/mol. The smallest absolute Gasteiger partial charge is 0.325 e. The van der Waals surface area contributed by atoms with Crippen LogP contribution in [-0.2, 0) is 14.3 Å². The maximum absolute atomic E-state index is 12.0. The molecule has 2 rings (SSSR count). The Morgan fingerprint density at radius 3 is 2.50 bits per heavy atom. The van der Waals surface area contributed by atoms with Crippen LogP contribution in [0, 0.1) is 0 Å². The molecular formula is C17H16N2O7. The van der Waals surface area contributed by atoms with Gasteiger partial charge in [0.15, 0.2) is 12.4 Å². The molecule has 136 valence electrons. The average Bonchev–Trinajstić information content (AvgIpc) is 3.19. The van der Waals surface area contributed by atoms with Crippen molar-refractivity contribution in [3.63, 3.8) is 0 Å². The van der Waals surface area contributed by atoms with Crippen LogP contribution >= 0.6 is 0 Å². The number of amides is 3. The van der Waals surface area contributed by atoms with Gasteiger partial charge in [-0.05, 0) is 24.3 Å². The Bertz CT molecular complexity index is 799. The third-order valence-electron chi connectivity index (χ3n) is 3.11. The normalized spacial score (nSPS) is 9.88. The molecule has 1 aromatic heterocycles. The van der Waals surface area contributed by atoms with Crippen molar-refractivity contribution in [2.45, 2.75) is 0 Å². The molecule has 1 heterocycles. The number of imide groups is 1. The zero-order chi connectivity index (χ0) is 18.9. The fourth-order valence-electron chi connectivity index (χ4n) is 1.91. The number of hydrogen-bond donors (Lipinski definition) is 2. The van der Waals surface area contributed by atoms with Gasteiger partial charge in [0, 0.05) is 0 Å². The van der Waals surface area contributed by atoms with Crippen molar-refractivity contribution in [1.82, 2.24) is 10.6 Å². The first-order chi connectivity index (χ1) is 12.5. The van der Waals surface area contributed by atoms with E-state index >= 15 is 0 Å². The standard InChI is InChI=1S/C17H16N2O7/c1-24-12-6-3-2-5-11(12)16(22)18-9-15(21)26-10-14(20)19-17(23)13-7-4-8-25-13/h2-8H,9-10H2,1H3,(H,18,22)(H,19,20,23). The van der Waals surface area contributed by atoms with E-state index in [-0.39, 0.29) is 11.3 Å². The summed E-state index contributed by atoms with van der Waals surface area (Å²) >= 11 is 0. The van der Waals surface area contributed by atoms with Crippen LogP contribution in [0.4, 0.5) is 0 Å². The number of rotatable bonds is 7. The molecule has 0 atom stereocenters. The number of benzene rings is 1. The van der Waals surface area contributed by atoms with E-state index in [1.807, 2.05) is 5.32 Å². The van der Waals surface area contributed by atoms with Gasteiger partial charge in [-0.15, -0.1) is 0 Å². The van der Waals surface area contributed by atoms with Crippen LogP contribution in [0.1, 0.15) is 20.9 Å². The zero-order valence-corrected chi connectivity index (χ0v) is 13.8. The highest BCUT2D eigenvalue weighted by atomic mass is 16.5. The minimum absolute atomic E-state index is 0.0475. The molecule has 0 fully saturated rings. The van der Waals surface area contributed by atoms with Gasteiger partial charge in [-0.3, -0.25) is 24.5 Å². The lowest BCUT2D eigenvalue weighted by atomic mass is 10.2. The first-order valence-corrected chi connectivity index (χ1v) is 7.45. The first kappa shape index (κ1) is 18.7. The number of para-hydroxylation sites is 1. The van der Waals surface area contributed by atoms with Gasteiger partial charge in [-0.25, -0.2) is 0 Å². The molecule has 0 aliphatic rings. The molecular weight excluding hydrogens is 344 g/mol. The van der Waals surface area contributed by atoms with Crippen LogP contribution < -0.4 is 15.4 Å². The van der Waals surface area contributed by atoms with Crippen LogP contribution in [-0.4, -0.2) is 44.0 Å². The predicted molar refractivity (Wildman–Crippen MR) is 87.5 cm³/mol. The lowest BCUT2D eigenvalue weighted by Gasteiger charge is -2.09. The number of carbonyl (C=O) groups excluding carboxylic acids is 4. The minimum atomic E-state index is -0.839. The molecule has 3 amide bonds. The van der Waals surface area contributed by atoms with Crippen molar-refractivity contribution < 1.29 is 33.1 Å². The Kier molecular flexibility index (Phi) is 6.49. The molecule has 26 heavy (non-hydrogen) atoms. The maximum Gasteiger partial charge on any atom is 0.325 e. The van der Waals surface area contributed by atoms with Crippen LogP contribution in [0.5, 0.6) is 5.75 Å². The van der Waals surface area contributed by atoms with Crippen LogP contribution in [0.25, 0.3) is 0 Å². The van der Waals surface area contributed by atoms with Gasteiger partial charge in [0.05, 0.1) is 18.9 Å². The maximum atomic E-state index is 12.0. The van der Waals surface area contributed by atoms with Crippen LogP contribution in [0.2, 0.25) is 0 Å². The zero-order valence-electron chi connectivity index (χ0n) is 13.8. The van der Waals surface area contributed by atoms with Gasteiger partial charge < -0.3 is 19.2 Å². The third-order valence-corrected chi connectivity index (χ3v) is 3.11. The van der Waals surface area contributed by atoms with E-state index in [0.717, 1.165) is 0 Å². The summed E-state index contributed by atoms with van der Waals surface area (Å²) < 4.78 is 14.6. The summed E-state index contributed by atoms with van der Waals surface area (Å²) in [5.74, 6) is -2.63. The second-order valence-corrected chi connectivity index (χ2v) is 4.90. The number of esters is 1. The monoisotopic (exact) mass is 360 g/mol. The van der Waals surface area contributed by atoms with Crippen LogP contribution in [0.3, 0.4) is 0 Å². The number of furan rings is 1. The van der Waals surface area contributed by atoms with E-state index < -0.39 is 36.8 Å². The highest BCUT2D eigenvalue weighted by molar-refractivity contribution is 6.03. The van der Waals surface area contributed by atoms with Crippen molar-refractivity contribution in [3.05, 3.63) is 54.0 Å². The van der Waals surface area contributed by atoms with E-state index in [4.69, 9.17) is 9.15 Å². The molecule has 0 aliphatic carbocycles. The van der Waals surface area contributed by atoms with E-state index in [1.54, 1.807) is 18.2 Å². The summed E-state index contributed by atoms with van der Waals surface area (Å²) in [4.78, 5) is 46.7. The van der Waals surface area contributed by atoms with Crippen molar-refractivity contribution in [2.75, 3.05) is 20.3 Å². The molecule has 2 aromatic rings. The van der Waals surface area contributed by atoms with E-state index in [1.165, 1.54) is 31.6 Å². The highest BCUT2D eigenvalue weighted by Gasteiger charge is 2.16. The molecule has 2 N–H and O–H groups in total. The number of carbonyl (C=O) groups is 4. The van der Waals surface area contributed by atoms with Gasteiger partial charge >= 0.3 is 5.97 Å². The van der Waals surface area contributed by atoms with Gasteiger partial charge in [-0.2, -0.15) is 0 Å². The summed E-state index contributed by atoms with van der Waals surface area (Å²) in [5, 5.41) is 4.34. The Balaban J connectivity index is 1.74. The van der Waals surface area contributed by atoms with Crippen LogP contribution in [0.15, 0.2) is 47.1 Å². The number of hydrogen-bond acceptors (Lipinski definition) is 7. The summed E-state index contributed by atoms with van der Waals surface area (Å²) in [5.41, 5.74) is 0.254. The van der Waals surface area contributed by atoms with Gasteiger partial charge in [0.25, 0.3) is 17.7 Å². The van der Waals surface area contributed by atoms with Gasteiger partial charge in [-0.1, -0.05) is 12.1 Å². The molecule has 9 nitrogen and oxygen atoms in total. The minimum Gasteiger partial charge on any atom is -0.496 e. The van der Waals surface area contributed by atoms with Gasteiger partial charge in [0.1, 0.15) is 12.3 Å². The lowest BCUT2D eigenvalue weighted by molar-refractivity contribution is -0.147. The molecule has 0 radical (unpaired) electrons. The predicted octanol–water partition coefficient (Wildman–Crippen LogP) is 0.518. The Morgan fingerprint density at radius 1 is 1.04 bits per heavy atom. The number of ether oxygens (including phenoxy) is 2. The second-order valence-electron chi connectivity index (χ2n) is 4.90.